The third kappa shape index (κ3) is 2.65. The number of aromatic amines is 1. The van der Waals surface area contributed by atoms with Gasteiger partial charge in [0.15, 0.2) is 0 Å². The number of thiophene rings is 1. The van der Waals surface area contributed by atoms with Crippen molar-refractivity contribution in [3.8, 4) is 0 Å². The van der Waals surface area contributed by atoms with Gasteiger partial charge in [-0.15, -0.1) is 0 Å². The Bertz CT molecular complexity index is 751. The van der Waals surface area contributed by atoms with Crippen LogP contribution in [0.4, 0.5) is 5.82 Å². The van der Waals surface area contributed by atoms with Gasteiger partial charge >= 0.3 is 0 Å². The van der Waals surface area contributed by atoms with Gasteiger partial charge in [0, 0.05) is 12.3 Å². The topological polar surface area (TPSA) is 66.9 Å². The molecule has 1 fully saturated rings. The highest BCUT2D eigenvalue weighted by molar-refractivity contribution is 7.08. The lowest BCUT2D eigenvalue weighted by Gasteiger charge is -2.25. The molecule has 2 aromatic heterocycles. The van der Waals surface area contributed by atoms with Gasteiger partial charge in [0.05, 0.1) is 11.6 Å². The predicted molar refractivity (Wildman–Crippen MR) is 91.2 cm³/mol. The Hall–Kier alpha value is -1.82. The maximum Gasteiger partial charge on any atom is 0.270 e. The molecule has 3 heterocycles. The van der Waals surface area contributed by atoms with Gasteiger partial charge in [0.1, 0.15) is 5.82 Å². The number of amides is 1. The summed E-state index contributed by atoms with van der Waals surface area (Å²) >= 11 is 1.60. The molecule has 2 N–H and O–H groups in total. The first kappa shape index (κ1) is 14.8. The smallest absolute Gasteiger partial charge is 0.270 e. The summed E-state index contributed by atoms with van der Waals surface area (Å²) in [6.07, 6.45) is 7.36. The largest absolute Gasteiger partial charge is 0.311 e. The van der Waals surface area contributed by atoms with Crippen LogP contribution in [0.5, 0.6) is 0 Å². The van der Waals surface area contributed by atoms with E-state index in [0.29, 0.717) is 12.2 Å². The first-order valence-electron chi connectivity index (χ1n) is 8.40. The molecule has 6 heteroatoms. The lowest BCUT2D eigenvalue weighted by atomic mass is 9.89. The van der Waals surface area contributed by atoms with Crippen LogP contribution in [0.2, 0.25) is 0 Å². The van der Waals surface area contributed by atoms with Gasteiger partial charge in [-0.1, -0.05) is 25.7 Å². The van der Waals surface area contributed by atoms with E-state index in [9.17, 15) is 9.59 Å². The van der Waals surface area contributed by atoms with E-state index in [1.54, 1.807) is 11.3 Å². The number of nitrogens with zero attached hydrogens (tertiary/aromatic N) is 1. The number of hydrogen-bond acceptors (Lipinski definition) is 3. The van der Waals surface area contributed by atoms with Crippen LogP contribution < -0.4 is 10.9 Å². The summed E-state index contributed by atoms with van der Waals surface area (Å²) in [6, 6.07) is 2.30. The summed E-state index contributed by atoms with van der Waals surface area (Å²) in [5, 5.41) is 10.0. The molecule has 1 saturated carbocycles. The molecule has 0 radical (unpaired) electrons. The number of anilines is 1. The predicted octanol–water partition coefficient (Wildman–Crippen LogP) is 3.61. The first-order chi connectivity index (χ1) is 11.2. The third-order valence-electron chi connectivity index (χ3n) is 5.09. The zero-order chi connectivity index (χ0) is 15.8. The van der Waals surface area contributed by atoms with E-state index in [1.807, 2.05) is 21.5 Å². The van der Waals surface area contributed by atoms with Crippen molar-refractivity contribution in [3.05, 3.63) is 38.3 Å². The fraction of sp³-hybridized carbons (Fsp3) is 0.529. The highest BCUT2D eigenvalue weighted by Crippen LogP contribution is 2.38. The maximum absolute atomic E-state index is 12.6. The van der Waals surface area contributed by atoms with Crippen molar-refractivity contribution >= 4 is 23.1 Å². The van der Waals surface area contributed by atoms with Crippen LogP contribution in [0, 0.1) is 0 Å². The summed E-state index contributed by atoms with van der Waals surface area (Å²) in [6.45, 7) is 0. The molecule has 0 spiro atoms. The molecule has 2 aliphatic rings. The van der Waals surface area contributed by atoms with Crippen molar-refractivity contribution in [2.24, 2.45) is 0 Å². The fourth-order valence-electron chi connectivity index (χ4n) is 3.93. The minimum absolute atomic E-state index is 0.00456. The molecule has 1 amide bonds. The van der Waals surface area contributed by atoms with Crippen LogP contribution in [0.15, 0.2) is 21.6 Å². The van der Waals surface area contributed by atoms with E-state index in [-0.39, 0.29) is 23.4 Å². The Morgan fingerprint density at radius 2 is 1.91 bits per heavy atom. The average molecular weight is 331 g/mol. The summed E-state index contributed by atoms with van der Waals surface area (Å²) in [4.78, 5) is 24.8. The quantitative estimate of drug-likeness (QED) is 0.826. The summed E-state index contributed by atoms with van der Waals surface area (Å²) < 4.78 is 1.94. The summed E-state index contributed by atoms with van der Waals surface area (Å²) in [5.74, 6) is 0.574. The molecule has 0 aromatic carbocycles. The van der Waals surface area contributed by atoms with Crippen LogP contribution in [0.3, 0.4) is 0 Å². The normalized spacial score (nSPS) is 22.4. The van der Waals surface area contributed by atoms with Gasteiger partial charge in [-0.2, -0.15) is 11.3 Å². The van der Waals surface area contributed by atoms with Crippen LogP contribution in [0.1, 0.15) is 68.0 Å². The molecule has 1 aliphatic heterocycles. The minimum atomic E-state index is -0.124. The molecule has 1 aliphatic carbocycles. The second kappa shape index (κ2) is 6.00. The lowest BCUT2D eigenvalue weighted by molar-refractivity contribution is -0.116. The minimum Gasteiger partial charge on any atom is -0.311 e. The average Bonchev–Trinajstić information content (AvgIpc) is 3.08. The molecular formula is C17H21N3O2S. The SMILES string of the molecule is O=C1C[C@@H](c2ccsc2)c2c(n(C3CCCCCC3)[nH]c2=O)N1. The molecule has 0 saturated heterocycles. The summed E-state index contributed by atoms with van der Waals surface area (Å²) in [5.41, 5.74) is 1.74. The number of nitrogens with one attached hydrogen (secondary N) is 2. The Morgan fingerprint density at radius 3 is 2.61 bits per heavy atom. The fourth-order valence-corrected chi connectivity index (χ4v) is 4.65. The van der Waals surface area contributed by atoms with Gasteiger partial charge in [-0.05, 0) is 35.2 Å². The molecule has 2 aromatic rings. The molecule has 0 bridgehead atoms. The van der Waals surface area contributed by atoms with Crippen molar-refractivity contribution in [2.45, 2.75) is 56.9 Å². The molecule has 23 heavy (non-hydrogen) atoms. The molecule has 5 nitrogen and oxygen atoms in total. The van der Waals surface area contributed by atoms with Gasteiger partial charge in [-0.3, -0.25) is 19.4 Å². The molecule has 0 unspecified atom stereocenters. The van der Waals surface area contributed by atoms with Crippen molar-refractivity contribution in [1.29, 1.82) is 0 Å². The maximum atomic E-state index is 12.6. The molecular weight excluding hydrogens is 310 g/mol. The standard InChI is InChI=1S/C17H21N3O2S/c21-14-9-13(11-7-8-23-10-11)15-16(18-14)20(19-17(15)22)12-5-3-1-2-4-6-12/h7-8,10,12-13H,1-6,9H2,(H,18,21)(H,19,22)/t13-/m0/s1. The van der Waals surface area contributed by atoms with E-state index >= 15 is 0 Å². The van der Waals surface area contributed by atoms with Crippen LogP contribution >= 0.6 is 11.3 Å². The van der Waals surface area contributed by atoms with Crippen molar-refractivity contribution in [2.75, 3.05) is 5.32 Å². The lowest BCUT2D eigenvalue weighted by Crippen LogP contribution is -2.27. The van der Waals surface area contributed by atoms with Gasteiger partial charge in [0.2, 0.25) is 5.91 Å². The van der Waals surface area contributed by atoms with E-state index in [4.69, 9.17) is 0 Å². The van der Waals surface area contributed by atoms with E-state index in [1.165, 1.54) is 25.7 Å². The molecule has 1 atom stereocenters. The number of carbonyl (C=O) groups excluding carboxylic acids is 1. The zero-order valence-corrected chi connectivity index (χ0v) is 13.8. The Labute approximate surface area is 138 Å². The van der Waals surface area contributed by atoms with E-state index in [2.05, 4.69) is 10.4 Å². The zero-order valence-electron chi connectivity index (χ0n) is 13.0. The Kier molecular flexibility index (Phi) is 3.85. The first-order valence-corrected chi connectivity index (χ1v) is 9.34. The second-order valence-corrected chi connectivity index (χ2v) is 7.36. The van der Waals surface area contributed by atoms with Crippen molar-refractivity contribution in [3.63, 3.8) is 0 Å². The molecule has 122 valence electrons. The second-order valence-electron chi connectivity index (χ2n) is 6.58. The number of aromatic nitrogens is 2. The van der Waals surface area contributed by atoms with Gasteiger partial charge < -0.3 is 5.32 Å². The monoisotopic (exact) mass is 331 g/mol. The number of rotatable bonds is 2. The number of fused-ring (bicyclic) bond motifs is 1. The van der Waals surface area contributed by atoms with Crippen LogP contribution in [0.25, 0.3) is 0 Å². The van der Waals surface area contributed by atoms with E-state index < -0.39 is 0 Å². The third-order valence-corrected chi connectivity index (χ3v) is 5.80. The highest BCUT2D eigenvalue weighted by atomic mass is 32.1. The van der Waals surface area contributed by atoms with Crippen molar-refractivity contribution in [1.82, 2.24) is 9.78 Å². The van der Waals surface area contributed by atoms with Gasteiger partial charge in [0.25, 0.3) is 5.56 Å². The van der Waals surface area contributed by atoms with E-state index in [0.717, 1.165) is 24.0 Å². The van der Waals surface area contributed by atoms with Crippen LogP contribution in [-0.2, 0) is 4.79 Å². The Balaban J connectivity index is 1.78. The van der Waals surface area contributed by atoms with Crippen molar-refractivity contribution < 1.29 is 4.79 Å². The van der Waals surface area contributed by atoms with Crippen LogP contribution in [-0.4, -0.2) is 15.7 Å². The summed E-state index contributed by atoms with van der Waals surface area (Å²) in [7, 11) is 0. The number of H-pyrrole nitrogens is 1. The molecule has 4 rings (SSSR count). The number of carbonyl (C=O) groups is 1. The number of hydrogen-bond donors (Lipinski definition) is 2. The Morgan fingerprint density at radius 1 is 1.13 bits per heavy atom. The van der Waals surface area contributed by atoms with Gasteiger partial charge in [-0.25, -0.2) is 0 Å². The highest BCUT2D eigenvalue weighted by Gasteiger charge is 2.34.